The van der Waals surface area contributed by atoms with Crippen LogP contribution >= 0.6 is 11.9 Å². The molecule has 164 valence electrons. The van der Waals surface area contributed by atoms with Crippen LogP contribution < -0.4 is 0 Å². The van der Waals surface area contributed by atoms with Gasteiger partial charge in [-0.1, -0.05) is 12.1 Å². The maximum absolute atomic E-state index is 11.3. The van der Waals surface area contributed by atoms with Crippen molar-refractivity contribution in [2.24, 2.45) is 0 Å². The van der Waals surface area contributed by atoms with Crippen LogP contribution in [0.3, 0.4) is 0 Å². The predicted molar refractivity (Wildman–Crippen MR) is 125 cm³/mol. The summed E-state index contributed by atoms with van der Waals surface area (Å²) in [5.74, 6) is -0.868. The van der Waals surface area contributed by atoms with Crippen molar-refractivity contribution < 1.29 is 14.6 Å². The lowest BCUT2D eigenvalue weighted by Crippen LogP contribution is -2.32. The molecule has 4 aromatic rings. The Morgan fingerprint density at radius 1 is 1.25 bits per heavy atom. The minimum atomic E-state index is -0.868. The molecule has 0 atom stereocenters. The van der Waals surface area contributed by atoms with Crippen molar-refractivity contribution in [3.05, 3.63) is 60.6 Å². The van der Waals surface area contributed by atoms with Crippen LogP contribution in [0.5, 0.6) is 0 Å². The van der Waals surface area contributed by atoms with E-state index in [2.05, 4.69) is 27.6 Å². The van der Waals surface area contributed by atoms with Crippen LogP contribution in [0.25, 0.3) is 27.5 Å². The minimum absolute atomic E-state index is 0.0587. The molecule has 0 bridgehead atoms. The lowest BCUT2D eigenvalue weighted by atomic mass is 10.0. The van der Waals surface area contributed by atoms with Crippen LogP contribution in [0.1, 0.15) is 18.4 Å². The molecular weight excluding hydrogens is 424 g/mol. The average molecular weight is 449 g/mol. The van der Waals surface area contributed by atoms with E-state index in [1.807, 2.05) is 30.6 Å². The van der Waals surface area contributed by atoms with Crippen molar-refractivity contribution in [2.75, 3.05) is 20.2 Å². The van der Waals surface area contributed by atoms with Gasteiger partial charge in [0.2, 0.25) is 0 Å². The van der Waals surface area contributed by atoms with Gasteiger partial charge in [-0.25, -0.2) is 8.82 Å². The number of nitrogens with zero attached hydrogens (tertiary/aromatic N) is 4. The second-order valence-corrected chi connectivity index (χ2v) is 9.09. The number of carboxylic acids is 1. The van der Waals surface area contributed by atoms with E-state index in [0.717, 1.165) is 58.4 Å². The van der Waals surface area contributed by atoms with Crippen LogP contribution in [0.4, 0.5) is 0 Å². The molecule has 1 aliphatic rings. The van der Waals surface area contributed by atoms with Crippen LogP contribution in [0.15, 0.2) is 59.9 Å². The second-order valence-electron chi connectivity index (χ2n) is 7.95. The fourth-order valence-corrected chi connectivity index (χ4v) is 5.37. The monoisotopic (exact) mass is 448 g/mol. The third-order valence-electron chi connectivity index (χ3n) is 5.93. The Morgan fingerprint density at radius 2 is 2.09 bits per heavy atom. The molecule has 0 saturated carbocycles. The van der Waals surface area contributed by atoms with E-state index >= 15 is 0 Å². The first kappa shape index (κ1) is 20.9. The molecule has 3 aromatic heterocycles. The molecule has 1 N–H and O–H groups in total. The van der Waals surface area contributed by atoms with Crippen molar-refractivity contribution in [3.63, 3.8) is 0 Å². The van der Waals surface area contributed by atoms with Crippen molar-refractivity contribution in [2.45, 2.75) is 30.3 Å². The first-order valence-corrected chi connectivity index (χ1v) is 11.4. The largest absolute Gasteiger partial charge is 0.481 e. The summed E-state index contributed by atoms with van der Waals surface area (Å²) >= 11 is 1.76. The molecule has 0 amide bonds. The Labute approximate surface area is 190 Å². The van der Waals surface area contributed by atoms with Gasteiger partial charge in [-0.15, -0.1) is 0 Å². The zero-order chi connectivity index (χ0) is 22.1. The van der Waals surface area contributed by atoms with Crippen LogP contribution in [0.2, 0.25) is 0 Å². The predicted octanol–water partition coefficient (Wildman–Crippen LogP) is 4.29. The van der Waals surface area contributed by atoms with Gasteiger partial charge in [-0.05, 0) is 54.6 Å². The number of pyridine rings is 2. The van der Waals surface area contributed by atoms with Crippen molar-refractivity contribution in [1.29, 1.82) is 0 Å². The highest BCUT2D eigenvalue weighted by Gasteiger charge is 2.22. The smallest absolute Gasteiger partial charge is 0.307 e. The van der Waals surface area contributed by atoms with Gasteiger partial charge in [0.1, 0.15) is 0 Å². The molecule has 32 heavy (non-hydrogen) atoms. The number of fused-ring (bicyclic) bond motifs is 2. The van der Waals surface area contributed by atoms with E-state index in [1.165, 1.54) is 0 Å². The van der Waals surface area contributed by atoms with Gasteiger partial charge in [0, 0.05) is 54.0 Å². The van der Waals surface area contributed by atoms with Gasteiger partial charge in [0.25, 0.3) is 0 Å². The zero-order valence-electron chi connectivity index (χ0n) is 17.8. The number of hydrogen-bond acceptors (Lipinski definition) is 6. The number of carbonyl (C=O) groups is 1. The summed E-state index contributed by atoms with van der Waals surface area (Å²) in [6.45, 7) is 1.93. The maximum atomic E-state index is 11.3. The number of carboxylic acid groups (broad SMARTS) is 1. The zero-order valence-corrected chi connectivity index (χ0v) is 18.6. The number of aliphatic carboxylic acids is 1. The Hall–Kier alpha value is -2.94. The topological polar surface area (TPSA) is 80.0 Å². The van der Waals surface area contributed by atoms with Crippen molar-refractivity contribution >= 4 is 34.3 Å². The van der Waals surface area contributed by atoms with Crippen LogP contribution in [-0.4, -0.2) is 56.3 Å². The molecule has 1 fully saturated rings. The summed E-state index contributed by atoms with van der Waals surface area (Å²) in [5, 5.41) is 14.7. The van der Waals surface area contributed by atoms with Gasteiger partial charge in [0.15, 0.2) is 0 Å². The normalized spacial score (nSPS) is 15.5. The fraction of sp³-hybridized carbons (Fsp3) is 0.292. The molecule has 1 aromatic carbocycles. The average Bonchev–Trinajstić information content (AvgIpc) is 3.20. The molecule has 0 aliphatic carbocycles. The SMILES string of the molecule is COC1CCN(Sc2ccc3cccnc3c2-c2ccn3ncc(CC(=O)O)c3c2)CC1. The third kappa shape index (κ3) is 4.09. The molecule has 0 spiro atoms. The first-order valence-electron chi connectivity index (χ1n) is 10.6. The van der Waals surface area contributed by atoms with Gasteiger partial charge >= 0.3 is 5.97 Å². The third-order valence-corrected chi connectivity index (χ3v) is 7.09. The summed E-state index contributed by atoms with van der Waals surface area (Å²) in [4.78, 5) is 17.1. The molecule has 1 aliphatic heterocycles. The summed E-state index contributed by atoms with van der Waals surface area (Å²) in [5.41, 5.74) is 4.50. The number of piperidine rings is 1. The first-order chi connectivity index (χ1) is 15.6. The molecule has 8 heteroatoms. The number of aromatic nitrogens is 3. The van der Waals surface area contributed by atoms with Crippen LogP contribution in [0, 0.1) is 0 Å². The number of rotatable bonds is 6. The Kier molecular flexibility index (Phi) is 5.82. The van der Waals surface area contributed by atoms with E-state index in [1.54, 1.807) is 29.8 Å². The summed E-state index contributed by atoms with van der Waals surface area (Å²) in [7, 11) is 1.78. The van der Waals surface area contributed by atoms with Crippen LogP contribution in [-0.2, 0) is 16.0 Å². The standard InChI is InChI=1S/C24H24N4O3S/c1-31-19-7-10-27(11-8-19)32-21-5-4-16-3-2-9-25-24(16)23(21)17-6-12-28-20(13-17)18(15-26-28)14-22(29)30/h2-6,9,12-13,15,19H,7-8,10-11,14H2,1H3,(H,29,30). The lowest BCUT2D eigenvalue weighted by Gasteiger charge is -2.30. The Balaban J connectivity index is 1.59. The van der Waals surface area contributed by atoms with E-state index in [-0.39, 0.29) is 6.42 Å². The summed E-state index contributed by atoms with van der Waals surface area (Å²) in [6.07, 6.45) is 7.65. The summed E-state index contributed by atoms with van der Waals surface area (Å²) in [6, 6.07) is 12.3. The minimum Gasteiger partial charge on any atom is -0.481 e. The van der Waals surface area contributed by atoms with Gasteiger partial charge in [0.05, 0.1) is 29.8 Å². The van der Waals surface area contributed by atoms with E-state index in [4.69, 9.17) is 9.72 Å². The van der Waals surface area contributed by atoms with E-state index in [9.17, 15) is 9.90 Å². The van der Waals surface area contributed by atoms with E-state index < -0.39 is 5.97 Å². The number of benzene rings is 1. The van der Waals surface area contributed by atoms with Gasteiger partial charge < -0.3 is 9.84 Å². The van der Waals surface area contributed by atoms with Gasteiger partial charge in [-0.2, -0.15) is 5.10 Å². The van der Waals surface area contributed by atoms with E-state index in [0.29, 0.717) is 11.7 Å². The van der Waals surface area contributed by atoms with Gasteiger partial charge in [-0.3, -0.25) is 9.78 Å². The number of ether oxygens (including phenoxy) is 1. The van der Waals surface area contributed by atoms with Crippen molar-refractivity contribution in [1.82, 2.24) is 18.9 Å². The Morgan fingerprint density at radius 3 is 2.88 bits per heavy atom. The highest BCUT2D eigenvalue weighted by Crippen LogP contribution is 2.39. The Bertz CT molecular complexity index is 1280. The molecule has 5 rings (SSSR count). The quantitative estimate of drug-likeness (QED) is 0.441. The molecular formula is C24H24N4O3S. The maximum Gasteiger partial charge on any atom is 0.307 e. The highest BCUT2D eigenvalue weighted by atomic mass is 32.2. The molecule has 0 unspecified atom stereocenters. The number of hydrogen-bond donors (Lipinski definition) is 1. The number of methoxy groups -OCH3 is 1. The molecule has 4 heterocycles. The fourth-order valence-electron chi connectivity index (χ4n) is 4.27. The lowest BCUT2D eigenvalue weighted by molar-refractivity contribution is -0.136. The second kappa shape index (κ2) is 8.90. The molecule has 1 saturated heterocycles. The summed E-state index contributed by atoms with van der Waals surface area (Å²) < 4.78 is 9.63. The molecule has 0 radical (unpaired) electrons. The highest BCUT2D eigenvalue weighted by molar-refractivity contribution is 7.97. The molecule has 7 nitrogen and oxygen atoms in total. The van der Waals surface area contributed by atoms with Crippen molar-refractivity contribution in [3.8, 4) is 11.1 Å².